The van der Waals surface area contributed by atoms with Crippen LogP contribution < -0.4 is 10.1 Å². The number of nitrogens with zero attached hydrogens (tertiary/aromatic N) is 3. The summed E-state index contributed by atoms with van der Waals surface area (Å²) in [5.41, 5.74) is 1.55. The second kappa shape index (κ2) is 12.1. The fourth-order valence-corrected chi connectivity index (χ4v) is 4.29. The third-order valence-electron chi connectivity index (χ3n) is 6.22. The predicted molar refractivity (Wildman–Crippen MR) is 125 cm³/mol. The van der Waals surface area contributed by atoms with Gasteiger partial charge in [-0.05, 0) is 55.8 Å². The van der Waals surface area contributed by atoms with E-state index in [1.165, 1.54) is 0 Å². The Bertz CT molecular complexity index is 858. The zero-order chi connectivity index (χ0) is 22.9. The Labute approximate surface area is 195 Å². The summed E-state index contributed by atoms with van der Waals surface area (Å²) in [6.07, 6.45) is 2.78. The number of ether oxygens (including phenoxy) is 2. The molecule has 0 spiro atoms. The first-order valence-electron chi connectivity index (χ1n) is 11.8. The van der Waals surface area contributed by atoms with Gasteiger partial charge >= 0.3 is 0 Å². The maximum atomic E-state index is 12.9. The van der Waals surface area contributed by atoms with Gasteiger partial charge in [0.15, 0.2) is 0 Å². The highest BCUT2D eigenvalue weighted by Gasteiger charge is 2.27. The Hall–Kier alpha value is -2.52. The molecule has 2 aromatic rings. The van der Waals surface area contributed by atoms with Gasteiger partial charge in [0, 0.05) is 44.5 Å². The van der Waals surface area contributed by atoms with Gasteiger partial charge in [0.2, 0.25) is 0 Å². The van der Waals surface area contributed by atoms with Gasteiger partial charge in [-0.3, -0.25) is 19.6 Å². The maximum Gasteiger partial charge on any atom is 0.251 e. The van der Waals surface area contributed by atoms with Gasteiger partial charge in [-0.1, -0.05) is 6.07 Å². The topological polar surface area (TPSA) is 87.2 Å². The minimum absolute atomic E-state index is 0.182. The smallest absolute Gasteiger partial charge is 0.251 e. The largest absolute Gasteiger partial charge is 0.492 e. The van der Waals surface area contributed by atoms with Crippen LogP contribution in [-0.4, -0.2) is 90.5 Å². The Morgan fingerprint density at radius 3 is 2.70 bits per heavy atom. The van der Waals surface area contributed by atoms with Gasteiger partial charge in [0.1, 0.15) is 12.4 Å². The van der Waals surface area contributed by atoms with Gasteiger partial charge in [-0.2, -0.15) is 0 Å². The number of likely N-dealkylation sites (tertiary alicyclic amines) is 1. The molecule has 1 aromatic heterocycles. The Morgan fingerprint density at radius 1 is 1.12 bits per heavy atom. The molecule has 2 aliphatic heterocycles. The van der Waals surface area contributed by atoms with Gasteiger partial charge in [-0.15, -0.1) is 0 Å². The second-order valence-electron chi connectivity index (χ2n) is 8.67. The lowest BCUT2D eigenvalue weighted by Gasteiger charge is -2.27. The SMILES string of the molecule is O=C(NC1CN(Cc2ccccn2)CCCC1O)c1ccc(OCCN2CCOCC2)cc1. The van der Waals surface area contributed by atoms with Crippen LogP contribution in [0.2, 0.25) is 0 Å². The van der Waals surface area contributed by atoms with Gasteiger partial charge < -0.3 is 19.9 Å². The zero-order valence-corrected chi connectivity index (χ0v) is 19.1. The van der Waals surface area contributed by atoms with Crippen LogP contribution in [0.4, 0.5) is 0 Å². The summed E-state index contributed by atoms with van der Waals surface area (Å²) in [5.74, 6) is 0.564. The number of benzene rings is 1. The molecule has 8 nitrogen and oxygen atoms in total. The van der Waals surface area contributed by atoms with E-state index in [4.69, 9.17) is 9.47 Å². The molecule has 2 N–H and O–H groups in total. The lowest BCUT2D eigenvalue weighted by Crippen LogP contribution is -2.48. The van der Waals surface area contributed by atoms with Crippen molar-refractivity contribution in [3.05, 3.63) is 59.9 Å². The minimum Gasteiger partial charge on any atom is -0.492 e. The second-order valence-corrected chi connectivity index (χ2v) is 8.67. The quantitative estimate of drug-likeness (QED) is 0.626. The number of nitrogens with one attached hydrogen (secondary N) is 1. The molecule has 0 saturated carbocycles. The number of aliphatic hydroxyl groups excluding tert-OH is 1. The normalized spacial score (nSPS) is 22.5. The third kappa shape index (κ3) is 7.23. The molecule has 1 amide bonds. The fourth-order valence-electron chi connectivity index (χ4n) is 4.29. The molecule has 33 heavy (non-hydrogen) atoms. The molecule has 2 saturated heterocycles. The van der Waals surface area contributed by atoms with Crippen LogP contribution in [0, 0.1) is 0 Å². The molecule has 3 heterocycles. The van der Waals surface area contributed by atoms with Crippen molar-refractivity contribution in [3.8, 4) is 5.75 Å². The average Bonchev–Trinajstić information content (AvgIpc) is 3.01. The van der Waals surface area contributed by atoms with Crippen molar-refractivity contribution in [2.45, 2.75) is 31.5 Å². The molecule has 2 fully saturated rings. The van der Waals surface area contributed by atoms with Crippen LogP contribution in [0.15, 0.2) is 48.7 Å². The molecule has 2 unspecified atom stereocenters. The summed E-state index contributed by atoms with van der Waals surface area (Å²) in [6, 6.07) is 12.7. The van der Waals surface area contributed by atoms with Crippen molar-refractivity contribution in [1.29, 1.82) is 0 Å². The summed E-state index contributed by atoms with van der Waals surface area (Å²) in [5, 5.41) is 13.6. The van der Waals surface area contributed by atoms with E-state index in [1.807, 2.05) is 30.3 Å². The Kier molecular flexibility index (Phi) is 8.65. The summed E-state index contributed by atoms with van der Waals surface area (Å²) < 4.78 is 11.2. The Morgan fingerprint density at radius 2 is 1.94 bits per heavy atom. The van der Waals surface area contributed by atoms with Crippen LogP contribution in [0.25, 0.3) is 0 Å². The highest BCUT2D eigenvalue weighted by molar-refractivity contribution is 5.94. The van der Waals surface area contributed by atoms with Crippen molar-refractivity contribution in [2.75, 3.05) is 52.5 Å². The molecule has 0 aliphatic carbocycles. The van der Waals surface area contributed by atoms with E-state index in [0.29, 0.717) is 31.7 Å². The van der Waals surface area contributed by atoms with Crippen molar-refractivity contribution in [1.82, 2.24) is 20.1 Å². The van der Waals surface area contributed by atoms with Crippen molar-refractivity contribution in [2.24, 2.45) is 0 Å². The lowest BCUT2D eigenvalue weighted by atomic mass is 10.1. The molecule has 0 radical (unpaired) electrons. The number of rotatable bonds is 8. The number of carbonyl (C=O) groups is 1. The number of aromatic nitrogens is 1. The number of hydrogen-bond acceptors (Lipinski definition) is 7. The summed E-state index contributed by atoms with van der Waals surface area (Å²) in [6.45, 7) is 7.07. The maximum absolute atomic E-state index is 12.9. The summed E-state index contributed by atoms with van der Waals surface area (Å²) in [4.78, 5) is 21.8. The van der Waals surface area contributed by atoms with E-state index < -0.39 is 6.10 Å². The van der Waals surface area contributed by atoms with E-state index in [-0.39, 0.29) is 11.9 Å². The number of aliphatic hydroxyl groups is 1. The predicted octanol–water partition coefficient (Wildman–Crippen LogP) is 1.55. The molecule has 2 aliphatic rings. The molecular weight excluding hydrogens is 420 g/mol. The first-order chi connectivity index (χ1) is 16.2. The molecule has 4 rings (SSSR count). The summed E-state index contributed by atoms with van der Waals surface area (Å²) >= 11 is 0. The first kappa shape index (κ1) is 23.6. The van der Waals surface area contributed by atoms with E-state index in [0.717, 1.165) is 57.3 Å². The zero-order valence-electron chi connectivity index (χ0n) is 19.1. The Balaban J connectivity index is 1.27. The van der Waals surface area contributed by atoms with Crippen LogP contribution in [-0.2, 0) is 11.3 Å². The van der Waals surface area contributed by atoms with Crippen LogP contribution >= 0.6 is 0 Å². The van der Waals surface area contributed by atoms with Crippen LogP contribution in [0.1, 0.15) is 28.9 Å². The van der Waals surface area contributed by atoms with E-state index in [9.17, 15) is 9.90 Å². The number of morpholine rings is 1. The van der Waals surface area contributed by atoms with Crippen molar-refractivity contribution in [3.63, 3.8) is 0 Å². The van der Waals surface area contributed by atoms with Crippen LogP contribution in [0.5, 0.6) is 5.75 Å². The number of amides is 1. The van der Waals surface area contributed by atoms with E-state index in [2.05, 4.69) is 20.1 Å². The van der Waals surface area contributed by atoms with Gasteiger partial charge in [0.05, 0.1) is 31.1 Å². The molecule has 2 atom stereocenters. The van der Waals surface area contributed by atoms with Crippen molar-refractivity contribution >= 4 is 5.91 Å². The molecular formula is C25H34N4O4. The lowest BCUT2D eigenvalue weighted by molar-refractivity contribution is 0.0322. The number of hydrogen-bond donors (Lipinski definition) is 2. The van der Waals surface area contributed by atoms with Crippen LogP contribution in [0.3, 0.4) is 0 Å². The molecule has 0 bridgehead atoms. The molecule has 8 heteroatoms. The highest BCUT2D eigenvalue weighted by Crippen LogP contribution is 2.16. The van der Waals surface area contributed by atoms with Gasteiger partial charge in [0.25, 0.3) is 5.91 Å². The molecule has 1 aromatic carbocycles. The minimum atomic E-state index is -0.564. The summed E-state index contributed by atoms with van der Waals surface area (Å²) in [7, 11) is 0. The fraction of sp³-hybridized carbons (Fsp3) is 0.520. The number of carbonyl (C=O) groups excluding carboxylic acids is 1. The highest BCUT2D eigenvalue weighted by atomic mass is 16.5. The standard InChI is InChI=1S/C25H34N4O4/c30-24-5-3-11-29(18-21-4-1-2-10-26-21)19-23(24)27-25(31)20-6-8-22(9-7-20)33-17-14-28-12-15-32-16-13-28/h1-2,4,6-10,23-24,30H,3,5,11-19H2,(H,27,31). The number of pyridine rings is 1. The van der Waals surface area contributed by atoms with E-state index in [1.54, 1.807) is 18.3 Å². The monoisotopic (exact) mass is 454 g/mol. The van der Waals surface area contributed by atoms with E-state index >= 15 is 0 Å². The third-order valence-corrected chi connectivity index (χ3v) is 6.22. The first-order valence-corrected chi connectivity index (χ1v) is 11.8. The van der Waals surface area contributed by atoms with Gasteiger partial charge in [-0.25, -0.2) is 0 Å². The average molecular weight is 455 g/mol. The van der Waals surface area contributed by atoms with Crippen molar-refractivity contribution < 1.29 is 19.4 Å². The molecule has 178 valence electrons.